The van der Waals surface area contributed by atoms with Crippen LogP contribution in [-0.4, -0.2) is 37.1 Å². The van der Waals surface area contributed by atoms with Gasteiger partial charge in [0.15, 0.2) is 0 Å². The zero-order chi connectivity index (χ0) is 13.8. The molecule has 2 aliphatic carbocycles. The van der Waals surface area contributed by atoms with Crippen molar-refractivity contribution in [2.45, 2.75) is 77.2 Å². The summed E-state index contributed by atoms with van der Waals surface area (Å²) < 4.78 is 0. The highest BCUT2D eigenvalue weighted by Gasteiger charge is 2.35. The first-order chi connectivity index (χ1) is 9.76. The number of likely N-dealkylation sites (tertiary alicyclic amines) is 1. The molecule has 3 rings (SSSR count). The lowest BCUT2D eigenvalue weighted by molar-refractivity contribution is 0.0975. The number of hydrogen-bond acceptors (Lipinski definition) is 2. The molecule has 3 aliphatic rings. The Morgan fingerprint density at radius 1 is 0.950 bits per heavy atom. The summed E-state index contributed by atoms with van der Waals surface area (Å²) in [5.41, 5.74) is 0.597. The fourth-order valence-corrected chi connectivity index (χ4v) is 4.21. The van der Waals surface area contributed by atoms with Gasteiger partial charge >= 0.3 is 0 Å². The van der Waals surface area contributed by atoms with Crippen LogP contribution in [0.5, 0.6) is 0 Å². The smallest absolute Gasteiger partial charge is 0.00684 e. The number of rotatable bonds is 5. The number of hydrogen-bond donors (Lipinski definition) is 1. The van der Waals surface area contributed by atoms with Gasteiger partial charge in [0.1, 0.15) is 0 Å². The van der Waals surface area contributed by atoms with Gasteiger partial charge in [0.25, 0.3) is 0 Å². The van der Waals surface area contributed by atoms with E-state index in [1.165, 1.54) is 90.4 Å². The maximum atomic E-state index is 3.87. The minimum Gasteiger partial charge on any atom is -0.313 e. The molecule has 0 bridgehead atoms. The average molecular weight is 278 g/mol. The van der Waals surface area contributed by atoms with E-state index in [1.54, 1.807) is 0 Å². The monoisotopic (exact) mass is 278 g/mol. The van der Waals surface area contributed by atoms with Crippen molar-refractivity contribution >= 4 is 0 Å². The van der Waals surface area contributed by atoms with Gasteiger partial charge < -0.3 is 10.2 Å². The number of nitrogens with zero attached hydrogens (tertiary/aromatic N) is 1. The highest BCUT2D eigenvalue weighted by atomic mass is 15.1. The summed E-state index contributed by atoms with van der Waals surface area (Å²) in [5.74, 6) is 0.959. The van der Waals surface area contributed by atoms with Crippen LogP contribution in [0.25, 0.3) is 0 Å². The maximum Gasteiger partial charge on any atom is 0.00684 e. The molecule has 1 N–H and O–H groups in total. The Labute approximate surface area is 125 Å². The Kier molecular flexibility index (Phi) is 5.04. The topological polar surface area (TPSA) is 15.3 Å². The molecule has 1 aliphatic heterocycles. The molecule has 0 atom stereocenters. The predicted molar refractivity (Wildman–Crippen MR) is 86.0 cm³/mol. The summed E-state index contributed by atoms with van der Waals surface area (Å²) in [6, 6.07) is 0.872. The van der Waals surface area contributed by atoms with Gasteiger partial charge in [-0.15, -0.1) is 0 Å². The van der Waals surface area contributed by atoms with Crippen molar-refractivity contribution in [3.8, 4) is 0 Å². The lowest BCUT2D eigenvalue weighted by Crippen LogP contribution is -2.46. The third kappa shape index (κ3) is 4.21. The van der Waals surface area contributed by atoms with E-state index >= 15 is 0 Å². The van der Waals surface area contributed by atoms with Crippen LogP contribution in [-0.2, 0) is 0 Å². The van der Waals surface area contributed by atoms with Crippen LogP contribution in [0.2, 0.25) is 0 Å². The normalized spacial score (nSPS) is 29.2. The van der Waals surface area contributed by atoms with E-state index < -0.39 is 0 Å². The summed E-state index contributed by atoms with van der Waals surface area (Å²) in [7, 11) is 0. The minimum absolute atomic E-state index is 0.597. The van der Waals surface area contributed by atoms with E-state index in [0.29, 0.717) is 5.41 Å². The van der Waals surface area contributed by atoms with Crippen molar-refractivity contribution in [3.05, 3.63) is 0 Å². The summed E-state index contributed by atoms with van der Waals surface area (Å²) in [4.78, 5) is 2.79. The molecule has 3 fully saturated rings. The van der Waals surface area contributed by atoms with Gasteiger partial charge in [0.05, 0.1) is 0 Å². The zero-order valence-corrected chi connectivity index (χ0v) is 13.5. The SMILES string of the molecule is CC1CCN(CC2(CNC3CC3)CCCCCC2)CC1. The van der Waals surface area contributed by atoms with Crippen molar-refractivity contribution in [1.29, 1.82) is 0 Å². The standard InChI is InChI=1S/C18H34N2/c1-16-8-12-20(13-9-16)15-18(14-19-17-6-7-17)10-4-2-3-5-11-18/h16-17,19H,2-15H2,1H3. The molecule has 0 aromatic heterocycles. The van der Waals surface area contributed by atoms with E-state index in [9.17, 15) is 0 Å². The lowest BCUT2D eigenvalue weighted by Gasteiger charge is -2.41. The first kappa shape index (κ1) is 14.8. The highest BCUT2D eigenvalue weighted by Crippen LogP contribution is 2.37. The van der Waals surface area contributed by atoms with Gasteiger partial charge in [-0.25, -0.2) is 0 Å². The molecule has 0 radical (unpaired) electrons. The summed E-state index contributed by atoms with van der Waals surface area (Å²) in [6.45, 7) is 7.80. The van der Waals surface area contributed by atoms with E-state index in [2.05, 4.69) is 17.1 Å². The number of piperidine rings is 1. The molecule has 1 heterocycles. The Bertz CT molecular complexity index is 282. The molecule has 116 valence electrons. The van der Waals surface area contributed by atoms with Crippen molar-refractivity contribution in [2.24, 2.45) is 11.3 Å². The Morgan fingerprint density at radius 3 is 2.20 bits per heavy atom. The van der Waals surface area contributed by atoms with Crippen LogP contribution in [0.1, 0.15) is 71.1 Å². The number of nitrogens with one attached hydrogen (secondary N) is 1. The van der Waals surface area contributed by atoms with Crippen LogP contribution in [0.15, 0.2) is 0 Å². The van der Waals surface area contributed by atoms with Crippen LogP contribution in [0.4, 0.5) is 0 Å². The Morgan fingerprint density at radius 2 is 1.60 bits per heavy atom. The van der Waals surface area contributed by atoms with Gasteiger partial charge in [-0.3, -0.25) is 0 Å². The fourth-order valence-electron chi connectivity index (χ4n) is 4.21. The van der Waals surface area contributed by atoms with Crippen molar-refractivity contribution in [2.75, 3.05) is 26.2 Å². The summed E-state index contributed by atoms with van der Waals surface area (Å²) in [6.07, 6.45) is 14.5. The lowest BCUT2D eigenvalue weighted by atomic mass is 9.79. The minimum atomic E-state index is 0.597. The molecule has 2 saturated carbocycles. The van der Waals surface area contributed by atoms with E-state index in [1.807, 2.05) is 0 Å². The van der Waals surface area contributed by atoms with Crippen LogP contribution >= 0.6 is 0 Å². The first-order valence-electron chi connectivity index (χ1n) is 9.22. The largest absolute Gasteiger partial charge is 0.313 e. The molecule has 20 heavy (non-hydrogen) atoms. The third-order valence-electron chi connectivity index (χ3n) is 5.94. The molecule has 0 aromatic carbocycles. The summed E-state index contributed by atoms with van der Waals surface area (Å²) >= 11 is 0. The molecule has 0 unspecified atom stereocenters. The van der Waals surface area contributed by atoms with Crippen LogP contribution < -0.4 is 5.32 Å². The van der Waals surface area contributed by atoms with Gasteiger partial charge in [-0.05, 0) is 62.9 Å². The van der Waals surface area contributed by atoms with Gasteiger partial charge in [0.2, 0.25) is 0 Å². The Balaban J connectivity index is 1.57. The second-order valence-electron chi connectivity index (χ2n) is 8.03. The second-order valence-corrected chi connectivity index (χ2v) is 8.03. The van der Waals surface area contributed by atoms with E-state index in [4.69, 9.17) is 0 Å². The van der Waals surface area contributed by atoms with Gasteiger partial charge in [-0.1, -0.05) is 32.6 Å². The van der Waals surface area contributed by atoms with Crippen molar-refractivity contribution in [1.82, 2.24) is 10.2 Å². The predicted octanol–water partition coefficient (Wildman–Crippen LogP) is 3.81. The van der Waals surface area contributed by atoms with E-state index in [-0.39, 0.29) is 0 Å². The average Bonchev–Trinajstić information content (AvgIpc) is 3.27. The highest BCUT2D eigenvalue weighted by molar-refractivity contribution is 4.91. The molecular weight excluding hydrogens is 244 g/mol. The summed E-state index contributed by atoms with van der Waals surface area (Å²) in [5, 5.41) is 3.87. The van der Waals surface area contributed by atoms with Gasteiger partial charge in [-0.2, -0.15) is 0 Å². The molecule has 1 saturated heterocycles. The van der Waals surface area contributed by atoms with E-state index in [0.717, 1.165) is 12.0 Å². The molecule has 0 spiro atoms. The Hall–Kier alpha value is -0.0800. The molecule has 0 amide bonds. The molecule has 0 aromatic rings. The fraction of sp³-hybridized carbons (Fsp3) is 1.00. The van der Waals surface area contributed by atoms with Gasteiger partial charge in [0, 0.05) is 19.1 Å². The van der Waals surface area contributed by atoms with Crippen molar-refractivity contribution < 1.29 is 0 Å². The first-order valence-corrected chi connectivity index (χ1v) is 9.22. The molecule has 2 heteroatoms. The zero-order valence-electron chi connectivity index (χ0n) is 13.5. The van der Waals surface area contributed by atoms with Crippen LogP contribution in [0, 0.1) is 11.3 Å². The molecule has 2 nitrogen and oxygen atoms in total. The van der Waals surface area contributed by atoms with Crippen LogP contribution in [0.3, 0.4) is 0 Å². The third-order valence-corrected chi connectivity index (χ3v) is 5.94. The maximum absolute atomic E-state index is 3.87. The molecular formula is C18H34N2. The quantitative estimate of drug-likeness (QED) is 0.769. The second kappa shape index (κ2) is 6.79. The van der Waals surface area contributed by atoms with Crippen molar-refractivity contribution in [3.63, 3.8) is 0 Å².